The van der Waals surface area contributed by atoms with E-state index in [2.05, 4.69) is 37.1 Å². The number of methoxy groups -OCH3 is 1. The Bertz CT molecular complexity index is 1390. The van der Waals surface area contributed by atoms with Gasteiger partial charge in [-0.15, -0.1) is 0 Å². The van der Waals surface area contributed by atoms with Crippen LogP contribution in [0, 0.1) is 3.57 Å². The van der Waals surface area contributed by atoms with Crippen molar-refractivity contribution in [2.75, 3.05) is 26.9 Å². The summed E-state index contributed by atoms with van der Waals surface area (Å²) in [5.41, 5.74) is 4.15. The Morgan fingerprint density at radius 1 is 1.17 bits per heavy atom. The van der Waals surface area contributed by atoms with Gasteiger partial charge in [-0.25, -0.2) is 19.8 Å². The zero-order valence-corrected chi connectivity index (χ0v) is 25.8. The van der Waals surface area contributed by atoms with Crippen molar-refractivity contribution < 1.29 is 43.2 Å². The maximum absolute atomic E-state index is 12.6. The third-order valence-corrected chi connectivity index (χ3v) is 6.80. The first-order valence-electron chi connectivity index (χ1n) is 12.0. The standard InChI is InChI=1S/C26H26BrIN4O9/c1-4-39-25(36)22-13(2)30-26(37)31-23(22)15-5-6-18(19(9-15)38-3)40-11-20(33)32-29-10-14-7-16(27)24(17(28)8-14)41-12-21(34)35/h5-10,23H,4,11-12H2,1-3H3,(H,32,33)(H,34,35)(H2,30,31,37)/b29-10-/t23-/m1/s1. The number of nitrogens with one attached hydrogen (secondary N) is 3. The second-order valence-corrected chi connectivity index (χ2v) is 10.3. The maximum atomic E-state index is 12.6. The highest BCUT2D eigenvalue weighted by molar-refractivity contribution is 14.1. The van der Waals surface area contributed by atoms with E-state index >= 15 is 0 Å². The number of hydrogen-bond donors (Lipinski definition) is 4. The Labute approximate surface area is 256 Å². The van der Waals surface area contributed by atoms with Crippen LogP contribution in [0.25, 0.3) is 0 Å². The number of ether oxygens (including phenoxy) is 4. The molecule has 41 heavy (non-hydrogen) atoms. The lowest BCUT2D eigenvalue weighted by Crippen LogP contribution is -2.45. The summed E-state index contributed by atoms with van der Waals surface area (Å²) >= 11 is 5.33. The second-order valence-electron chi connectivity index (χ2n) is 8.28. The van der Waals surface area contributed by atoms with Crippen molar-refractivity contribution in [2.45, 2.75) is 19.9 Å². The second kappa shape index (κ2) is 14.7. The van der Waals surface area contributed by atoms with Gasteiger partial charge in [0.05, 0.1) is 39.6 Å². The Morgan fingerprint density at radius 2 is 1.93 bits per heavy atom. The van der Waals surface area contributed by atoms with Crippen LogP contribution < -0.4 is 30.3 Å². The molecule has 4 N–H and O–H groups in total. The zero-order chi connectivity index (χ0) is 30.1. The first-order chi connectivity index (χ1) is 19.5. The molecule has 0 radical (unpaired) electrons. The molecular weight excluding hydrogens is 719 g/mol. The summed E-state index contributed by atoms with van der Waals surface area (Å²) in [4.78, 5) is 47.7. The van der Waals surface area contributed by atoms with Gasteiger partial charge < -0.3 is 34.7 Å². The minimum Gasteiger partial charge on any atom is -0.493 e. The molecule has 1 aliphatic rings. The molecule has 3 rings (SSSR count). The number of benzene rings is 2. The summed E-state index contributed by atoms with van der Waals surface area (Å²) in [7, 11) is 1.42. The van der Waals surface area contributed by atoms with Crippen molar-refractivity contribution in [3.63, 3.8) is 0 Å². The van der Waals surface area contributed by atoms with Crippen molar-refractivity contribution in [1.82, 2.24) is 16.1 Å². The molecule has 15 heteroatoms. The van der Waals surface area contributed by atoms with Gasteiger partial charge in [-0.2, -0.15) is 5.10 Å². The van der Waals surface area contributed by atoms with E-state index in [4.69, 9.17) is 24.1 Å². The molecule has 218 valence electrons. The lowest BCUT2D eigenvalue weighted by atomic mass is 9.95. The number of allylic oxidation sites excluding steroid dienone is 1. The van der Waals surface area contributed by atoms with E-state index in [0.29, 0.717) is 30.6 Å². The van der Waals surface area contributed by atoms with E-state index < -0.39 is 36.5 Å². The number of carbonyl (C=O) groups is 4. The van der Waals surface area contributed by atoms with Crippen molar-refractivity contribution in [1.29, 1.82) is 0 Å². The molecule has 0 spiro atoms. The number of halogens is 2. The number of esters is 1. The number of urea groups is 1. The number of rotatable bonds is 12. The number of hydrogen-bond acceptors (Lipinski definition) is 9. The smallest absolute Gasteiger partial charge is 0.341 e. The fourth-order valence-electron chi connectivity index (χ4n) is 3.69. The lowest BCUT2D eigenvalue weighted by Gasteiger charge is -2.28. The minimum atomic E-state index is -1.09. The average Bonchev–Trinajstić information content (AvgIpc) is 2.90. The third-order valence-electron chi connectivity index (χ3n) is 5.41. The van der Waals surface area contributed by atoms with Gasteiger partial charge >= 0.3 is 18.0 Å². The third kappa shape index (κ3) is 8.56. The fourth-order valence-corrected chi connectivity index (χ4v) is 5.46. The van der Waals surface area contributed by atoms with Crippen molar-refractivity contribution >= 4 is 68.6 Å². The molecule has 0 aromatic heterocycles. The topological polar surface area (TPSA) is 174 Å². The van der Waals surface area contributed by atoms with Crippen molar-refractivity contribution in [2.24, 2.45) is 5.10 Å². The molecule has 0 aliphatic carbocycles. The molecule has 0 saturated heterocycles. The largest absolute Gasteiger partial charge is 0.493 e. The van der Waals surface area contributed by atoms with Gasteiger partial charge in [0.2, 0.25) is 0 Å². The van der Waals surface area contributed by atoms with Gasteiger partial charge in [0.1, 0.15) is 5.75 Å². The summed E-state index contributed by atoms with van der Waals surface area (Å²) in [5.74, 6) is -1.29. The lowest BCUT2D eigenvalue weighted by molar-refractivity contribution is -0.140. The molecule has 3 amide bonds. The summed E-state index contributed by atoms with van der Waals surface area (Å²) in [6.07, 6.45) is 1.41. The van der Waals surface area contributed by atoms with E-state index in [9.17, 15) is 19.2 Å². The number of aliphatic carboxylic acids is 1. The maximum Gasteiger partial charge on any atom is 0.341 e. The minimum absolute atomic E-state index is 0.172. The Kier molecular flexibility index (Phi) is 11.3. The van der Waals surface area contributed by atoms with Gasteiger partial charge in [-0.05, 0) is 87.8 Å². The first kappa shape index (κ1) is 31.7. The van der Waals surface area contributed by atoms with Gasteiger partial charge in [-0.3, -0.25) is 4.79 Å². The van der Waals surface area contributed by atoms with Crippen molar-refractivity contribution in [3.8, 4) is 17.2 Å². The van der Waals surface area contributed by atoms with Crippen LogP contribution in [0.15, 0.2) is 51.2 Å². The Morgan fingerprint density at radius 3 is 2.59 bits per heavy atom. The predicted octanol–water partition coefficient (Wildman–Crippen LogP) is 3.25. The first-order valence-corrected chi connectivity index (χ1v) is 13.8. The van der Waals surface area contributed by atoms with E-state index in [-0.39, 0.29) is 30.3 Å². The van der Waals surface area contributed by atoms with Crippen molar-refractivity contribution in [3.05, 3.63) is 60.8 Å². The highest BCUT2D eigenvalue weighted by Crippen LogP contribution is 2.35. The molecule has 1 atom stereocenters. The quantitative estimate of drug-likeness (QED) is 0.110. The molecule has 1 heterocycles. The summed E-state index contributed by atoms with van der Waals surface area (Å²) in [5, 5.41) is 18.0. The van der Waals surface area contributed by atoms with E-state index in [0.717, 1.165) is 0 Å². The fraction of sp³-hybridized carbons (Fsp3) is 0.269. The SMILES string of the molecule is CCOC(=O)C1=C(C)NC(=O)N[C@@H]1c1ccc(OCC(=O)N/N=C\c2cc(Br)c(OCC(=O)O)c(I)c2)c(OC)c1. The number of nitrogens with zero attached hydrogens (tertiary/aromatic N) is 1. The predicted molar refractivity (Wildman–Crippen MR) is 158 cm³/mol. The molecule has 0 unspecified atom stereocenters. The van der Waals surface area contributed by atoms with Gasteiger partial charge in [0, 0.05) is 5.70 Å². The summed E-state index contributed by atoms with van der Waals surface area (Å²) in [6, 6.07) is 6.90. The molecular formula is C26H26BrIN4O9. The Balaban J connectivity index is 1.65. The molecule has 0 bridgehead atoms. The van der Waals surface area contributed by atoms with Crippen LogP contribution in [0.2, 0.25) is 0 Å². The molecule has 13 nitrogen and oxygen atoms in total. The van der Waals surface area contributed by atoms with Crippen LogP contribution in [0.1, 0.15) is 31.0 Å². The van der Waals surface area contributed by atoms with Gasteiger partial charge in [0.25, 0.3) is 5.91 Å². The normalized spacial score (nSPS) is 14.7. The molecule has 2 aromatic carbocycles. The number of carbonyl (C=O) groups excluding carboxylic acids is 3. The van der Waals surface area contributed by atoms with Crippen LogP contribution >= 0.6 is 38.5 Å². The average molecular weight is 745 g/mol. The number of carboxylic acid groups (broad SMARTS) is 1. The van der Waals surface area contributed by atoms with Crippen LogP contribution in [0.4, 0.5) is 4.79 Å². The monoisotopic (exact) mass is 744 g/mol. The van der Waals surface area contributed by atoms with E-state index in [1.54, 1.807) is 44.2 Å². The van der Waals surface area contributed by atoms with Gasteiger partial charge in [-0.1, -0.05) is 6.07 Å². The molecule has 0 saturated carbocycles. The Hall–Kier alpha value is -3.86. The molecule has 1 aliphatic heterocycles. The van der Waals surface area contributed by atoms with Crippen LogP contribution in [-0.2, 0) is 19.1 Å². The zero-order valence-electron chi connectivity index (χ0n) is 22.1. The van der Waals surface area contributed by atoms with Gasteiger partial charge in [0.15, 0.2) is 24.7 Å². The van der Waals surface area contributed by atoms with E-state index in [1.165, 1.54) is 13.3 Å². The summed E-state index contributed by atoms with van der Waals surface area (Å²) in [6.45, 7) is 2.61. The number of carboxylic acids is 1. The molecule has 0 fully saturated rings. The van der Waals surface area contributed by atoms with Crippen LogP contribution in [-0.4, -0.2) is 62.1 Å². The summed E-state index contributed by atoms with van der Waals surface area (Å²) < 4.78 is 22.6. The van der Waals surface area contributed by atoms with Crippen LogP contribution in [0.5, 0.6) is 17.2 Å². The molecule has 2 aromatic rings. The number of hydrazone groups is 1. The van der Waals surface area contributed by atoms with E-state index in [1.807, 2.05) is 22.6 Å². The highest BCUT2D eigenvalue weighted by Gasteiger charge is 2.32. The van der Waals surface area contributed by atoms with Crippen LogP contribution in [0.3, 0.4) is 0 Å². The number of amides is 3. The highest BCUT2D eigenvalue weighted by atomic mass is 127.